The molecule has 0 radical (unpaired) electrons. The number of rotatable bonds is 3. The van der Waals surface area contributed by atoms with Crippen LogP contribution >= 0.6 is 33.9 Å². The lowest BCUT2D eigenvalue weighted by Gasteiger charge is -2.05. The topological polar surface area (TPSA) is 54.9 Å². The largest absolute Gasteiger partial charge is 0.312 e. The van der Waals surface area contributed by atoms with Gasteiger partial charge in [0.2, 0.25) is 0 Å². The van der Waals surface area contributed by atoms with E-state index in [1.54, 1.807) is 24.0 Å². The fraction of sp³-hybridized carbons (Fsp3) is 0.182. The van der Waals surface area contributed by atoms with Crippen molar-refractivity contribution < 1.29 is 4.79 Å². The number of nitrogens with zero attached hydrogens (tertiary/aromatic N) is 2. The Morgan fingerprint density at radius 2 is 2.41 bits per heavy atom. The van der Waals surface area contributed by atoms with Gasteiger partial charge in [0, 0.05) is 16.0 Å². The van der Waals surface area contributed by atoms with Crippen molar-refractivity contribution in [1.29, 1.82) is 0 Å². The SMILES string of the molecule is CCc1ncsc1NC(=O)c1ccncc1I. The Labute approximate surface area is 117 Å². The predicted octanol–water partition coefficient (Wildman–Crippen LogP) is 2.96. The van der Waals surface area contributed by atoms with Crippen LogP contribution in [-0.2, 0) is 6.42 Å². The summed E-state index contributed by atoms with van der Waals surface area (Å²) in [5.74, 6) is -0.115. The third kappa shape index (κ3) is 2.81. The molecule has 0 spiro atoms. The molecule has 2 aromatic heterocycles. The van der Waals surface area contributed by atoms with Crippen molar-refractivity contribution in [3.05, 3.63) is 38.8 Å². The highest BCUT2D eigenvalue weighted by Crippen LogP contribution is 2.22. The number of hydrogen-bond donors (Lipinski definition) is 1. The van der Waals surface area contributed by atoms with Gasteiger partial charge in [-0.05, 0) is 35.1 Å². The molecule has 0 saturated carbocycles. The molecule has 0 saturated heterocycles. The molecule has 1 N–H and O–H groups in total. The van der Waals surface area contributed by atoms with E-state index in [9.17, 15) is 4.79 Å². The maximum atomic E-state index is 12.0. The van der Waals surface area contributed by atoms with Crippen LogP contribution in [0.2, 0.25) is 0 Å². The van der Waals surface area contributed by atoms with Crippen molar-refractivity contribution in [3.8, 4) is 0 Å². The maximum Gasteiger partial charge on any atom is 0.257 e. The van der Waals surface area contributed by atoms with Crippen molar-refractivity contribution >= 4 is 44.8 Å². The Hall–Kier alpha value is -1.02. The summed E-state index contributed by atoms with van der Waals surface area (Å²) in [6.45, 7) is 2.01. The summed E-state index contributed by atoms with van der Waals surface area (Å²) in [6.07, 6.45) is 4.10. The van der Waals surface area contributed by atoms with Crippen molar-refractivity contribution in [2.75, 3.05) is 5.32 Å². The van der Waals surface area contributed by atoms with Crippen LogP contribution < -0.4 is 5.32 Å². The van der Waals surface area contributed by atoms with Gasteiger partial charge in [0.05, 0.1) is 16.8 Å². The summed E-state index contributed by atoms with van der Waals surface area (Å²) in [4.78, 5) is 20.2. The van der Waals surface area contributed by atoms with E-state index in [1.807, 2.05) is 6.92 Å². The van der Waals surface area contributed by atoms with Crippen LogP contribution in [-0.4, -0.2) is 15.9 Å². The molecule has 0 fully saturated rings. The Kier molecular flexibility index (Phi) is 4.06. The first-order valence-electron chi connectivity index (χ1n) is 5.05. The first-order chi connectivity index (χ1) is 8.22. The molecule has 0 aromatic carbocycles. The van der Waals surface area contributed by atoms with Crippen molar-refractivity contribution in [2.45, 2.75) is 13.3 Å². The van der Waals surface area contributed by atoms with Crippen molar-refractivity contribution in [2.24, 2.45) is 0 Å². The second kappa shape index (κ2) is 5.54. The van der Waals surface area contributed by atoms with E-state index < -0.39 is 0 Å². The predicted molar refractivity (Wildman–Crippen MR) is 76.4 cm³/mol. The third-order valence-corrected chi connectivity index (χ3v) is 3.86. The molecule has 2 aromatic rings. The van der Waals surface area contributed by atoms with Gasteiger partial charge in [-0.1, -0.05) is 6.92 Å². The monoisotopic (exact) mass is 359 g/mol. The van der Waals surface area contributed by atoms with Gasteiger partial charge in [0.1, 0.15) is 5.00 Å². The summed E-state index contributed by atoms with van der Waals surface area (Å²) < 4.78 is 0.838. The molecule has 0 atom stereocenters. The van der Waals surface area contributed by atoms with Gasteiger partial charge in [0.25, 0.3) is 5.91 Å². The number of nitrogens with one attached hydrogen (secondary N) is 1. The second-order valence-corrected chi connectivity index (χ2v) is 5.31. The molecule has 88 valence electrons. The highest BCUT2D eigenvalue weighted by atomic mass is 127. The Morgan fingerprint density at radius 3 is 3.12 bits per heavy atom. The molecular weight excluding hydrogens is 349 g/mol. The average Bonchev–Trinajstić information content (AvgIpc) is 2.76. The van der Waals surface area contributed by atoms with Crippen LogP contribution in [0.1, 0.15) is 23.0 Å². The van der Waals surface area contributed by atoms with Gasteiger partial charge >= 0.3 is 0 Å². The smallest absolute Gasteiger partial charge is 0.257 e. The number of carbonyl (C=O) groups is 1. The zero-order chi connectivity index (χ0) is 12.3. The van der Waals surface area contributed by atoms with Gasteiger partial charge in [0.15, 0.2) is 0 Å². The molecule has 0 bridgehead atoms. The molecule has 0 unspecified atom stereocenters. The number of amides is 1. The summed E-state index contributed by atoms with van der Waals surface area (Å²) in [6, 6.07) is 1.71. The van der Waals surface area contributed by atoms with Gasteiger partial charge in [-0.2, -0.15) is 0 Å². The molecule has 0 aliphatic carbocycles. The average molecular weight is 359 g/mol. The highest BCUT2D eigenvalue weighted by molar-refractivity contribution is 14.1. The summed E-state index contributed by atoms with van der Waals surface area (Å²) in [7, 11) is 0. The molecule has 4 nitrogen and oxygen atoms in total. The Morgan fingerprint density at radius 1 is 1.59 bits per heavy atom. The highest BCUT2D eigenvalue weighted by Gasteiger charge is 2.12. The van der Waals surface area contributed by atoms with Crippen molar-refractivity contribution in [3.63, 3.8) is 0 Å². The van der Waals surface area contributed by atoms with Crippen molar-refractivity contribution in [1.82, 2.24) is 9.97 Å². The number of hydrogen-bond acceptors (Lipinski definition) is 4. The second-order valence-electron chi connectivity index (χ2n) is 3.29. The number of thiazole rings is 1. The number of carbonyl (C=O) groups excluding carboxylic acids is 1. The van der Waals surface area contributed by atoms with Gasteiger partial charge in [-0.25, -0.2) is 4.98 Å². The maximum absolute atomic E-state index is 12.0. The molecule has 1 amide bonds. The number of aryl methyl sites for hydroxylation is 1. The number of pyridine rings is 1. The van der Waals surface area contributed by atoms with E-state index in [1.165, 1.54) is 11.3 Å². The Bertz CT molecular complexity index is 541. The van der Waals surface area contributed by atoms with Crippen LogP contribution in [0, 0.1) is 3.57 Å². The molecular formula is C11H10IN3OS. The number of aromatic nitrogens is 2. The third-order valence-electron chi connectivity index (χ3n) is 2.22. The molecule has 2 heterocycles. The van der Waals surface area contributed by atoms with Crippen LogP contribution in [0.5, 0.6) is 0 Å². The lowest BCUT2D eigenvalue weighted by atomic mass is 10.2. The zero-order valence-electron chi connectivity index (χ0n) is 9.11. The van der Waals surface area contributed by atoms with Gasteiger partial charge < -0.3 is 5.32 Å². The van der Waals surface area contributed by atoms with Crippen LogP contribution in [0.3, 0.4) is 0 Å². The fourth-order valence-corrected chi connectivity index (χ4v) is 2.71. The number of anilines is 1. The van der Waals surface area contributed by atoms with E-state index in [0.29, 0.717) is 5.56 Å². The van der Waals surface area contributed by atoms with E-state index in [0.717, 1.165) is 20.7 Å². The Balaban J connectivity index is 2.20. The van der Waals surface area contributed by atoms with E-state index >= 15 is 0 Å². The first kappa shape index (κ1) is 12.4. The first-order valence-corrected chi connectivity index (χ1v) is 7.01. The van der Waals surface area contributed by atoms with Gasteiger partial charge in [-0.15, -0.1) is 11.3 Å². The minimum atomic E-state index is -0.115. The lowest BCUT2D eigenvalue weighted by Crippen LogP contribution is -2.13. The zero-order valence-corrected chi connectivity index (χ0v) is 12.1. The van der Waals surface area contributed by atoms with E-state index in [4.69, 9.17) is 0 Å². The van der Waals surface area contributed by atoms with Crippen LogP contribution in [0.15, 0.2) is 24.0 Å². The normalized spacial score (nSPS) is 10.2. The van der Waals surface area contributed by atoms with Gasteiger partial charge in [-0.3, -0.25) is 9.78 Å². The van der Waals surface area contributed by atoms with Crippen LogP contribution in [0.4, 0.5) is 5.00 Å². The molecule has 6 heteroatoms. The quantitative estimate of drug-likeness (QED) is 0.858. The summed E-state index contributed by atoms with van der Waals surface area (Å²) >= 11 is 3.54. The fourth-order valence-electron chi connectivity index (χ4n) is 1.35. The van der Waals surface area contributed by atoms with E-state index in [2.05, 4.69) is 37.9 Å². The standard InChI is InChI=1S/C11H10IN3OS/c1-2-9-11(17-6-14-9)15-10(16)7-3-4-13-5-8(7)12/h3-6H,2H2,1H3,(H,15,16). The lowest BCUT2D eigenvalue weighted by molar-refractivity contribution is 0.102. The minimum absolute atomic E-state index is 0.115. The summed E-state index contributed by atoms with van der Waals surface area (Å²) in [5.41, 5.74) is 3.30. The van der Waals surface area contributed by atoms with Crippen LogP contribution in [0.25, 0.3) is 0 Å². The number of halogens is 1. The molecule has 17 heavy (non-hydrogen) atoms. The minimum Gasteiger partial charge on any atom is -0.312 e. The van der Waals surface area contributed by atoms with E-state index in [-0.39, 0.29) is 5.91 Å². The molecule has 0 aliphatic rings. The molecule has 0 aliphatic heterocycles. The summed E-state index contributed by atoms with van der Waals surface area (Å²) in [5, 5.41) is 3.71. The molecule has 2 rings (SSSR count).